The molecule has 0 saturated heterocycles. The molecular formula is C25H24N4O3. The highest BCUT2D eigenvalue weighted by Crippen LogP contribution is 2.41. The van der Waals surface area contributed by atoms with Gasteiger partial charge in [0.1, 0.15) is 6.54 Å². The summed E-state index contributed by atoms with van der Waals surface area (Å²) < 4.78 is 1.93. The molecule has 1 atom stereocenters. The quantitative estimate of drug-likeness (QED) is 0.647. The minimum atomic E-state index is -0.428. The third-order valence-corrected chi connectivity index (χ3v) is 6.20. The third-order valence-electron chi connectivity index (χ3n) is 6.20. The molecule has 7 nitrogen and oxygen atoms in total. The number of amides is 3. The van der Waals surface area contributed by atoms with Gasteiger partial charge in [-0.1, -0.05) is 44.2 Å². The Morgan fingerprint density at radius 2 is 1.66 bits per heavy atom. The van der Waals surface area contributed by atoms with Gasteiger partial charge in [0, 0.05) is 5.56 Å². The number of aromatic nitrogens is 2. The second-order valence-electron chi connectivity index (χ2n) is 9.20. The van der Waals surface area contributed by atoms with E-state index in [4.69, 9.17) is 0 Å². The van der Waals surface area contributed by atoms with Gasteiger partial charge in [-0.3, -0.25) is 19.3 Å². The van der Waals surface area contributed by atoms with Gasteiger partial charge in [0.2, 0.25) is 5.91 Å². The highest BCUT2D eigenvalue weighted by atomic mass is 16.2. The zero-order valence-electron chi connectivity index (χ0n) is 18.0. The fourth-order valence-corrected chi connectivity index (χ4v) is 4.73. The minimum absolute atomic E-state index is 0.0486. The van der Waals surface area contributed by atoms with Gasteiger partial charge in [-0.15, -0.1) is 0 Å². The lowest BCUT2D eigenvalue weighted by Crippen LogP contribution is -2.43. The van der Waals surface area contributed by atoms with Crippen LogP contribution in [-0.2, 0) is 11.2 Å². The molecule has 1 aromatic heterocycles. The van der Waals surface area contributed by atoms with E-state index >= 15 is 0 Å². The predicted octanol–water partition coefficient (Wildman–Crippen LogP) is 3.30. The summed E-state index contributed by atoms with van der Waals surface area (Å²) in [6.45, 7) is 4.04. The van der Waals surface area contributed by atoms with Gasteiger partial charge in [-0.2, -0.15) is 5.10 Å². The summed E-state index contributed by atoms with van der Waals surface area (Å²) in [6, 6.07) is 16.3. The monoisotopic (exact) mass is 428 g/mol. The van der Waals surface area contributed by atoms with Crippen molar-refractivity contribution >= 4 is 17.7 Å². The van der Waals surface area contributed by atoms with Crippen LogP contribution in [0.4, 0.5) is 0 Å². The lowest BCUT2D eigenvalue weighted by Gasteiger charge is -2.36. The number of fused-ring (bicyclic) bond motifs is 2. The van der Waals surface area contributed by atoms with E-state index in [9.17, 15) is 14.4 Å². The molecule has 7 heteroatoms. The summed E-state index contributed by atoms with van der Waals surface area (Å²) in [6.07, 6.45) is 3.39. The molecule has 32 heavy (non-hydrogen) atoms. The first-order chi connectivity index (χ1) is 15.3. The first-order valence-electron chi connectivity index (χ1n) is 10.7. The van der Waals surface area contributed by atoms with Crippen LogP contribution >= 0.6 is 0 Å². The van der Waals surface area contributed by atoms with Gasteiger partial charge in [-0.05, 0) is 42.5 Å². The fourth-order valence-electron chi connectivity index (χ4n) is 4.73. The van der Waals surface area contributed by atoms with Crippen LogP contribution in [0, 0.1) is 5.41 Å². The van der Waals surface area contributed by atoms with Crippen molar-refractivity contribution in [3.8, 4) is 5.69 Å². The number of carbonyl (C=O) groups is 3. The molecule has 3 aromatic rings. The van der Waals surface area contributed by atoms with Gasteiger partial charge in [0.15, 0.2) is 0 Å². The van der Waals surface area contributed by atoms with Gasteiger partial charge >= 0.3 is 0 Å². The van der Waals surface area contributed by atoms with Gasteiger partial charge in [0.05, 0.1) is 34.7 Å². The molecule has 0 bridgehead atoms. The average Bonchev–Trinajstić information content (AvgIpc) is 3.29. The van der Waals surface area contributed by atoms with E-state index in [2.05, 4.69) is 24.3 Å². The van der Waals surface area contributed by atoms with Gasteiger partial charge in [0.25, 0.3) is 11.8 Å². The molecule has 1 N–H and O–H groups in total. The fraction of sp³-hybridized carbons (Fsp3) is 0.280. The van der Waals surface area contributed by atoms with Crippen molar-refractivity contribution in [2.45, 2.75) is 32.7 Å². The Kier molecular flexibility index (Phi) is 4.69. The average molecular weight is 428 g/mol. The number of hydrogen-bond acceptors (Lipinski definition) is 4. The van der Waals surface area contributed by atoms with E-state index in [0.717, 1.165) is 34.7 Å². The molecular weight excluding hydrogens is 404 g/mol. The van der Waals surface area contributed by atoms with Crippen molar-refractivity contribution in [1.29, 1.82) is 0 Å². The highest BCUT2D eigenvalue weighted by Gasteiger charge is 2.39. The van der Waals surface area contributed by atoms with Crippen LogP contribution in [0.3, 0.4) is 0 Å². The topological polar surface area (TPSA) is 84.3 Å². The highest BCUT2D eigenvalue weighted by molar-refractivity contribution is 6.22. The molecule has 162 valence electrons. The number of hydrogen-bond donors (Lipinski definition) is 1. The minimum Gasteiger partial charge on any atom is -0.348 e. The maximum Gasteiger partial charge on any atom is 0.262 e. The molecule has 1 aliphatic heterocycles. The smallest absolute Gasteiger partial charge is 0.262 e. The lowest BCUT2D eigenvalue weighted by atomic mass is 9.74. The van der Waals surface area contributed by atoms with Gasteiger partial charge < -0.3 is 5.32 Å². The standard InChI is InChI=1S/C25H24N4O3/c1-25(2)12-20(19-14-26-29(21(19)13-25)16-8-4-3-5-9-16)27-22(30)15-28-23(31)17-10-6-7-11-18(17)24(28)32/h3-11,14,20H,12-13,15H2,1-2H3,(H,27,30)/t20-/m0/s1. The molecule has 1 aliphatic carbocycles. The summed E-state index contributed by atoms with van der Waals surface area (Å²) in [5.74, 6) is -1.22. The van der Waals surface area contributed by atoms with E-state index < -0.39 is 11.8 Å². The molecule has 5 rings (SSSR count). The zero-order chi connectivity index (χ0) is 22.5. The second-order valence-corrected chi connectivity index (χ2v) is 9.20. The Bertz CT molecular complexity index is 1190. The van der Waals surface area contributed by atoms with Crippen LogP contribution < -0.4 is 5.32 Å². The maximum atomic E-state index is 12.9. The molecule has 2 aromatic carbocycles. The van der Waals surface area contributed by atoms with Crippen LogP contribution in [0.25, 0.3) is 5.69 Å². The van der Waals surface area contributed by atoms with Crippen LogP contribution in [0.15, 0.2) is 60.8 Å². The van der Waals surface area contributed by atoms with Gasteiger partial charge in [-0.25, -0.2) is 4.68 Å². The van der Waals surface area contributed by atoms with E-state index in [1.54, 1.807) is 24.3 Å². The van der Waals surface area contributed by atoms with Crippen molar-refractivity contribution < 1.29 is 14.4 Å². The zero-order valence-corrected chi connectivity index (χ0v) is 18.0. The molecule has 0 saturated carbocycles. The Morgan fingerprint density at radius 3 is 2.31 bits per heavy atom. The number of nitrogens with one attached hydrogen (secondary N) is 1. The number of imide groups is 1. The van der Waals surface area contributed by atoms with Crippen LogP contribution in [0.2, 0.25) is 0 Å². The van der Waals surface area contributed by atoms with Crippen LogP contribution in [0.5, 0.6) is 0 Å². The number of nitrogens with zero attached hydrogens (tertiary/aromatic N) is 3. The molecule has 0 unspecified atom stereocenters. The number of carbonyl (C=O) groups excluding carboxylic acids is 3. The summed E-state index contributed by atoms with van der Waals surface area (Å²) in [7, 11) is 0. The van der Waals surface area contributed by atoms with Crippen molar-refractivity contribution in [2.75, 3.05) is 6.54 Å². The van der Waals surface area contributed by atoms with E-state index in [1.807, 2.05) is 41.2 Å². The van der Waals surface area contributed by atoms with Crippen LogP contribution in [-0.4, -0.2) is 38.9 Å². The summed E-state index contributed by atoms with van der Waals surface area (Å²) in [4.78, 5) is 39.2. The lowest BCUT2D eigenvalue weighted by molar-refractivity contribution is -0.122. The number of para-hydroxylation sites is 1. The Morgan fingerprint density at radius 1 is 1.03 bits per heavy atom. The van der Waals surface area contributed by atoms with Crippen molar-refractivity contribution in [3.05, 3.63) is 83.2 Å². The van der Waals surface area contributed by atoms with E-state index in [0.29, 0.717) is 11.1 Å². The summed E-state index contributed by atoms with van der Waals surface area (Å²) in [5.41, 5.74) is 3.66. The Hall–Kier alpha value is -3.74. The summed E-state index contributed by atoms with van der Waals surface area (Å²) >= 11 is 0. The van der Waals surface area contributed by atoms with Crippen LogP contribution in [0.1, 0.15) is 58.3 Å². The van der Waals surface area contributed by atoms with E-state index in [-0.39, 0.29) is 23.9 Å². The Labute approximate surface area is 186 Å². The maximum absolute atomic E-state index is 12.9. The van der Waals surface area contributed by atoms with Crippen molar-refractivity contribution in [2.24, 2.45) is 5.41 Å². The number of benzene rings is 2. The largest absolute Gasteiger partial charge is 0.348 e. The molecule has 0 fully saturated rings. The van der Waals surface area contributed by atoms with Crippen molar-refractivity contribution in [1.82, 2.24) is 20.0 Å². The SMILES string of the molecule is CC1(C)Cc2c(cnn2-c2ccccc2)[C@@H](NC(=O)CN2C(=O)c3ccccc3C2=O)C1. The predicted molar refractivity (Wildman–Crippen MR) is 118 cm³/mol. The first kappa shape index (κ1) is 20.2. The normalized spacial score (nSPS) is 18.9. The molecule has 2 heterocycles. The molecule has 3 amide bonds. The molecule has 2 aliphatic rings. The molecule has 0 radical (unpaired) electrons. The Balaban J connectivity index is 1.37. The first-order valence-corrected chi connectivity index (χ1v) is 10.7. The summed E-state index contributed by atoms with van der Waals surface area (Å²) in [5, 5.41) is 7.64. The van der Waals surface area contributed by atoms with E-state index in [1.165, 1.54) is 0 Å². The third kappa shape index (κ3) is 3.39. The second kappa shape index (κ2) is 7.44. The van der Waals surface area contributed by atoms with Crippen molar-refractivity contribution in [3.63, 3.8) is 0 Å². The molecule has 0 spiro atoms. The number of rotatable bonds is 4.